The molecule has 0 aromatic carbocycles. The van der Waals surface area contributed by atoms with Crippen LogP contribution < -0.4 is 4.72 Å². The number of carboxylic acids is 1. The molecule has 1 unspecified atom stereocenters. The summed E-state index contributed by atoms with van der Waals surface area (Å²) < 4.78 is 27.4. The summed E-state index contributed by atoms with van der Waals surface area (Å²) in [6.07, 6.45) is 2.85. The van der Waals surface area contributed by atoms with Crippen LogP contribution in [0.3, 0.4) is 0 Å². The second-order valence-electron chi connectivity index (χ2n) is 4.39. The molecule has 1 atom stereocenters. The van der Waals surface area contributed by atoms with Gasteiger partial charge in [0.25, 0.3) is 10.2 Å². The molecule has 0 aliphatic carbocycles. The van der Waals surface area contributed by atoms with Gasteiger partial charge in [0.2, 0.25) is 0 Å². The smallest absolute Gasteiger partial charge is 0.306 e. The number of hydrogen-bond donors (Lipinski definition) is 2. The molecule has 0 radical (unpaired) electrons. The Hall–Kier alpha value is -0.660. The molecule has 2 N–H and O–H groups in total. The quantitative estimate of drug-likeness (QED) is 0.652. The van der Waals surface area contributed by atoms with Gasteiger partial charge >= 0.3 is 5.97 Å². The van der Waals surface area contributed by atoms with Crippen LogP contribution in [0.25, 0.3) is 0 Å². The molecule has 1 aliphatic heterocycles. The van der Waals surface area contributed by atoms with Crippen molar-refractivity contribution in [1.29, 1.82) is 0 Å². The predicted molar refractivity (Wildman–Crippen MR) is 63.8 cm³/mol. The molecule has 1 aliphatic rings. The van der Waals surface area contributed by atoms with Crippen LogP contribution in [0.15, 0.2) is 0 Å². The third kappa shape index (κ3) is 4.61. The van der Waals surface area contributed by atoms with E-state index in [4.69, 9.17) is 5.11 Å². The summed E-state index contributed by atoms with van der Waals surface area (Å²) in [7, 11) is -3.34. The molecular formula is C10H20N2O4S. The lowest BCUT2D eigenvalue weighted by molar-refractivity contribution is -0.141. The van der Waals surface area contributed by atoms with Gasteiger partial charge in [0, 0.05) is 19.6 Å². The molecule has 0 saturated carbocycles. The van der Waals surface area contributed by atoms with Crippen LogP contribution in [0.2, 0.25) is 0 Å². The molecule has 17 heavy (non-hydrogen) atoms. The Morgan fingerprint density at radius 1 is 1.41 bits per heavy atom. The van der Waals surface area contributed by atoms with E-state index in [1.54, 1.807) is 6.92 Å². The molecule has 1 rings (SSSR count). The van der Waals surface area contributed by atoms with Crippen LogP contribution in [0.1, 0.15) is 32.6 Å². The van der Waals surface area contributed by atoms with Crippen LogP contribution in [-0.2, 0) is 15.0 Å². The van der Waals surface area contributed by atoms with E-state index in [1.165, 1.54) is 4.31 Å². The Balaban J connectivity index is 2.23. The summed E-state index contributed by atoms with van der Waals surface area (Å²) in [5, 5.41) is 8.67. The molecule has 0 bridgehead atoms. The monoisotopic (exact) mass is 264 g/mol. The summed E-state index contributed by atoms with van der Waals surface area (Å²) in [4.78, 5) is 10.6. The molecule has 0 amide bonds. The van der Waals surface area contributed by atoms with Crippen LogP contribution in [0.5, 0.6) is 0 Å². The van der Waals surface area contributed by atoms with Crippen molar-refractivity contribution in [1.82, 2.24) is 9.03 Å². The molecule has 0 aromatic heterocycles. The van der Waals surface area contributed by atoms with E-state index in [1.807, 2.05) is 0 Å². The van der Waals surface area contributed by atoms with E-state index in [0.29, 0.717) is 32.5 Å². The maximum atomic E-state index is 11.7. The molecule has 0 aromatic rings. The van der Waals surface area contributed by atoms with Crippen molar-refractivity contribution in [3.05, 3.63) is 0 Å². The maximum Gasteiger partial charge on any atom is 0.306 e. The largest absolute Gasteiger partial charge is 0.481 e. The number of carbonyl (C=O) groups is 1. The van der Waals surface area contributed by atoms with E-state index in [2.05, 4.69) is 4.72 Å². The molecule has 0 spiro atoms. The Morgan fingerprint density at radius 2 is 2.00 bits per heavy atom. The predicted octanol–water partition coefficient (Wildman–Crippen LogP) is 0.418. The first-order valence-electron chi connectivity index (χ1n) is 5.91. The molecule has 1 saturated heterocycles. The number of rotatable bonds is 7. The minimum atomic E-state index is -3.34. The number of hydrogen-bond acceptors (Lipinski definition) is 3. The highest BCUT2D eigenvalue weighted by Crippen LogP contribution is 2.11. The van der Waals surface area contributed by atoms with Gasteiger partial charge in [-0.25, -0.2) is 4.72 Å². The zero-order valence-electron chi connectivity index (χ0n) is 10.1. The first-order chi connectivity index (χ1) is 7.93. The molecule has 100 valence electrons. The van der Waals surface area contributed by atoms with Crippen molar-refractivity contribution in [3.63, 3.8) is 0 Å². The normalized spacial score (nSPS) is 19.4. The summed E-state index contributed by atoms with van der Waals surface area (Å²) in [5.41, 5.74) is 0. The van der Waals surface area contributed by atoms with E-state index < -0.39 is 22.1 Å². The van der Waals surface area contributed by atoms with Crippen molar-refractivity contribution in [2.24, 2.45) is 5.92 Å². The fraction of sp³-hybridized carbons (Fsp3) is 0.900. The van der Waals surface area contributed by atoms with Crippen LogP contribution in [0, 0.1) is 5.92 Å². The average Bonchev–Trinajstić information content (AvgIpc) is 2.77. The Morgan fingerprint density at radius 3 is 2.53 bits per heavy atom. The molecule has 1 fully saturated rings. The second kappa shape index (κ2) is 6.32. The van der Waals surface area contributed by atoms with E-state index >= 15 is 0 Å². The van der Waals surface area contributed by atoms with Crippen molar-refractivity contribution in [2.75, 3.05) is 19.6 Å². The van der Waals surface area contributed by atoms with Crippen molar-refractivity contribution >= 4 is 16.2 Å². The van der Waals surface area contributed by atoms with E-state index in [9.17, 15) is 13.2 Å². The third-order valence-electron chi connectivity index (χ3n) is 2.92. The maximum absolute atomic E-state index is 11.7. The van der Waals surface area contributed by atoms with Gasteiger partial charge in [0.05, 0.1) is 5.92 Å². The zero-order chi connectivity index (χ0) is 12.9. The first-order valence-corrected chi connectivity index (χ1v) is 7.35. The summed E-state index contributed by atoms with van der Waals surface area (Å²) in [5.74, 6) is -1.27. The number of nitrogens with zero attached hydrogens (tertiary/aromatic N) is 1. The van der Waals surface area contributed by atoms with Gasteiger partial charge in [-0.1, -0.05) is 6.92 Å². The molecule has 1 heterocycles. The summed E-state index contributed by atoms with van der Waals surface area (Å²) in [6, 6.07) is 0. The summed E-state index contributed by atoms with van der Waals surface area (Å²) >= 11 is 0. The fourth-order valence-electron chi connectivity index (χ4n) is 1.75. The zero-order valence-corrected chi connectivity index (χ0v) is 10.9. The van der Waals surface area contributed by atoms with Gasteiger partial charge in [-0.2, -0.15) is 12.7 Å². The van der Waals surface area contributed by atoms with Crippen molar-refractivity contribution < 1.29 is 18.3 Å². The Kier molecular flexibility index (Phi) is 5.35. The van der Waals surface area contributed by atoms with Crippen LogP contribution in [0.4, 0.5) is 0 Å². The van der Waals surface area contributed by atoms with E-state index in [0.717, 1.165) is 12.8 Å². The van der Waals surface area contributed by atoms with Gasteiger partial charge in [0.15, 0.2) is 0 Å². The molecule has 7 heteroatoms. The van der Waals surface area contributed by atoms with Gasteiger partial charge in [-0.3, -0.25) is 4.79 Å². The van der Waals surface area contributed by atoms with Crippen molar-refractivity contribution in [3.8, 4) is 0 Å². The Labute approximate surface area is 102 Å². The SMILES string of the molecule is CC(CCCNS(=O)(=O)N1CCCC1)C(=O)O. The lowest BCUT2D eigenvalue weighted by atomic mass is 10.1. The lowest BCUT2D eigenvalue weighted by Gasteiger charge is -2.16. The van der Waals surface area contributed by atoms with E-state index in [-0.39, 0.29) is 0 Å². The highest BCUT2D eigenvalue weighted by molar-refractivity contribution is 7.87. The van der Waals surface area contributed by atoms with Gasteiger partial charge < -0.3 is 5.11 Å². The standard InChI is InChI=1S/C10H20N2O4S/c1-9(10(13)14)5-4-6-11-17(15,16)12-7-2-3-8-12/h9,11H,2-8H2,1H3,(H,13,14). The average molecular weight is 264 g/mol. The molecular weight excluding hydrogens is 244 g/mol. The first kappa shape index (κ1) is 14.4. The highest BCUT2D eigenvalue weighted by atomic mass is 32.2. The van der Waals surface area contributed by atoms with Crippen molar-refractivity contribution in [2.45, 2.75) is 32.6 Å². The molecule has 6 nitrogen and oxygen atoms in total. The fourth-order valence-corrected chi connectivity index (χ4v) is 3.08. The minimum absolute atomic E-state index is 0.302. The highest BCUT2D eigenvalue weighted by Gasteiger charge is 2.24. The third-order valence-corrected chi connectivity index (χ3v) is 4.54. The van der Waals surface area contributed by atoms with Gasteiger partial charge in [-0.15, -0.1) is 0 Å². The van der Waals surface area contributed by atoms with Crippen LogP contribution >= 0.6 is 0 Å². The lowest BCUT2D eigenvalue weighted by Crippen LogP contribution is -2.39. The minimum Gasteiger partial charge on any atom is -0.481 e. The summed E-state index contributed by atoms with van der Waals surface area (Å²) in [6.45, 7) is 3.09. The Bertz CT molecular complexity index is 349. The number of carboxylic acid groups (broad SMARTS) is 1. The topological polar surface area (TPSA) is 86.7 Å². The number of nitrogens with one attached hydrogen (secondary N) is 1. The van der Waals surface area contributed by atoms with Gasteiger partial charge in [0.1, 0.15) is 0 Å². The number of aliphatic carboxylic acids is 1. The second-order valence-corrected chi connectivity index (χ2v) is 6.14. The van der Waals surface area contributed by atoms with Crippen LogP contribution in [-0.4, -0.2) is 43.4 Å². The van der Waals surface area contributed by atoms with Gasteiger partial charge in [-0.05, 0) is 25.7 Å².